The highest BCUT2D eigenvalue weighted by Crippen LogP contribution is 2.36. The Morgan fingerprint density at radius 2 is 1.83 bits per heavy atom. The molecular weight excluding hydrogens is 512 g/mol. The molecule has 1 aliphatic carbocycles. The van der Waals surface area contributed by atoms with Crippen molar-refractivity contribution >= 4 is 39.5 Å². The van der Waals surface area contributed by atoms with Crippen LogP contribution in [-0.2, 0) is 24.6 Å². The molecule has 4 heterocycles. The van der Waals surface area contributed by atoms with Gasteiger partial charge in [0.1, 0.15) is 17.1 Å². The molecule has 0 spiro atoms. The molecule has 6 rings (SSSR count). The van der Waals surface area contributed by atoms with Crippen molar-refractivity contribution in [2.24, 2.45) is 7.05 Å². The monoisotopic (exact) mass is 558 g/mol. The summed E-state index contributed by atoms with van der Waals surface area (Å²) < 4.78 is 7.85. The first-order chi connectivity index (χ1) is 19.1. The second kappa shape index (κ2) is 11.0. The number of ether oxygens (including phenoxy) is 1. The third-order valence-electron chi connectivity index (χ3n) is 8.80. The van der Waals surface area contributed by atoms with E-state index in [1.165, 1.54) is 35.0 Å². The highest BCUT2D eigenvalue weighted by Gasteiger charge is 2.31. The fraction of sp³-hybridized carbons (Fsp3) is 0.515. The molecule has 0 saturated carbocycles. The van der Waals surface area contributed by atoms with Crippen molar-refractivity contribution in [1.82, 2.24) is 24.3 Å². The number of piperidine rings is 1. The highest BCUT2D eigenvalue weighted by atomic mass is 16.6. The van der Waals surface area contributed by atoms with Crippen LogP contribution in [0.1, 0.15) is 70.2 Å². The van der Waals surface area contributed by atoms with Crippen molar-refractivity contribution in [3.05, 3.63) is 53.3 Å². The zero-order valence-electron chi connectivity index (χ0n) is 24.7. The highest BCUT2D eigenvalue weighted by molar-refractivity contribution is 5.88. The molecule has 1 saturated heterocycles. The molecule has 8 heteroatoms. The number of nitrogens with one attached hydrogen (secondary N) is 2. The number of nitrogens with zero attached hydrogens (tertiary/aromatic N) is 4. The van der Waals surface area contributed by atoms with Gasteiger partial charge in [0.2, 0.25) is 0 Å². The lowest BCUT2D eigenvalue weighted by Crippen LogP contribution is -2.43. The van der Waals surface area contributed by atoms with Crippen molar-refractivity contribution < 1.29 is 9.53 Å². The van der Waals surface area contributed by atoms with Gasteiger partial charge < -0.3 is 29.4 Å². The minimum atomic E-state index is -0.502. The number of aromatic amines is 1. The van der Waals surface area contributed by atoms with Gasteiger partial charge in [0, 0.05) is 54.0 Å². The Bertz CT molecular complexity index is 1550. The Balaban J connectivity index is 0.00000337. The number of carbonyl (C=O) groups excluding carboxylic acids is 1. The lowest BCUT2D eigenvalue weighted by atomic mass is 9.89. The molecule has 8 nitrogen and oxygen atoms in total. The number of rotatable bonds is 4. The summed E-state index contributed by atoms with van der Waals surface area (Å²) in [7, 11) is 6.17. The van der Waals surface area contributed by atoms with Gasteiger partial charge in [-0.1, -0.05) is 13.5 Å². The minimum Gasteiger partial charge on any atom is -0.444 e. The summed E-state index contributed by atoms with van der Waals surface area (Å²) in [5.74, 6) is 1.45. The van der Waals surface area contributed by atoms with E-state index in [4.69, 9.17) is 9.72 Å². The summed E-state index contributed by atoms with van der Waals surface area (Å²) >= 11 is 0. The van der Waals surface area contributed by atoms with Gasteiger partial charge in [-0.15, -0.1) is 0 Å². The molecule has 1 amide bonds. The van der Waals surface area contributed by atoms with Gasteiger partial charge in [0.05, 0.1) is 0 Å². The van der Waals surface area contributed by atoms with Gasteiger partial charge >= 0.3 is 6.09 Å². The third kappa shape index (κ3) is 5.67. The normalized spacial score (nSPS) is 18.2. The fourth-order valence-corrected chi connectivity index (χ4v) is 6.53. The zero-order valence-corrected chi connectivity index (χ0v) is 24.7. The summed E-state index contributed by atoms with van der Waals surface area (Å²) in [4.78, 5) is 25.4. The number of hydrogen-bond donors (Lipinski definition) is 2. The van der Waals surface area contributed by atoms with E-state index in [0.29, 0.717) is 5.92 Å². The minimum absolute atomic E-state index is 0. The average molecular weight is 559 g/mol. The van der Waals surface area contributed by atoms with Crippen LogP contribution in [0.4, 0.5) is 16.3 Å². The summed E-state index contributed by atoms with van der Waals surface area (Å²) in [6.45, 7) is 8.04. The van der Waals surface area contributed by atoms with Crippen molar-refractivity contribution in [3.63, 3.8) is 0 Å². The predicted octanol–water partition coefficient (Wildman–Crippen LogP) is 6.97. The quantitative estimate of drug-likeness (QED) is 0.283. The maximum absolute atomic E-state index is 12.7. The van der Waals surface area contributed by atoms with E-state index in [1.54, 1.807) is 4.90 Å². The molecule has 41 heavy (non-hydrogen) atoms. The van der Waals surface area contributed by atoms with E-state index in [2.05, 4.69) is 70.4 Å². The van der Waals surface area contributed by atoms with Gasteiger partial charge in [-0.25, -0.2) is 9.78 Å². The van der Waals surface area contributed by atoms with Gasteiger partial charge in [-0.2, -0.15) is 0 Å². The number of H-pyrrole nitrogens is 1. The average Bonchev–Trinajstić information content (AvgIpc) is 3.46. The van der Waals surface area contributed by atoms with E-state index >= 15 is 0 Å². The Kier molecular flexibility index (Phi) is 7.81. The molecule has 4 aromatic rings. The standard InChI is InChI=1S/C32H42N6O2.CH4/c1-32(2,3)40-31(39)37(5)22-8-11-28-25(18-22)24-10-12-29(35-30(24)38(28)6)34-21-7-9-23-26(19-33-27(23)17-21)20-13-15-36(4)16-14-20;/h7,9-10,12,17,19-20,22,33H,8,11,13-16,18H2,1-6H3,(H,34,35);1H4. The second-order valence-corrected chi connectivity index (χ2v) is 12.7. The Hall–Kier alpha value is -3.52. The second-order valence-electron chi connectivity index (χ2n) is 12.7. The smallest absolute Gasteiger partial charge is 0.410 e. The summed E-state index contributed by atoms with van der Waals surface area (Å²) in [5.41, 5.74) is 6.70. The van der Waals surface area contributed by atoms with Gasteiger partial charge in [0.25, 0.3) is 0 Å². The third-order valence-corrected chi connectivity index (χ3v) is 8.80. The number of aryl methyl sites for hydroxylation is 1. The van der Waals surface area contributed by atoms with Crippen LogP contribution in [0.2, 0.25) is 0 Å². The Morgan fingerprint density at radius 1 is 1.10 bits per heavy atom. The summed E-state index contributed by atoms with van der Waals surface area (Å²) in [6.07, 6.45) is 7.00. The van der Waals surface area contributed by atoms with Crippen LogP contribution in [0.25, 0.3) is 21.9 Å². The molecule has 2 aliphatic rings. The van der Waals surface area contributed by atoms with E-state index in [9.17, 15) is 4.79 Å². The van der Waals surface area contributed by atoms with Crippen molar-refractivity contribution in [1.29, 1.82) is 0 Å². The largest absolute Gasteiger partial charge is 0.444 e. The molecule has 1 aromatic carbocycles. The number of hydrogen-bond acceptors (Lipinski definition) is 5. The molecule has 1 aliphatic heterocycles. The number of likely N-dealkylation sites (N-methyl/N-ethyl adjacent to an activating group) is 1. The first-order valence-electron chi connectivity index (χ1n) is 14.6. The van der Waals surface area contributed by atoms with Crippen LogP contribution in [0.5, 0.6) is 0 Å². The van der Waals surface area contributed by atoms with Gasteiger partial charge in [0.15, 0.2) is 0 Å². The molecule has 1 unspecified atom stereocenters. The zero-order chi connectivity index (χ0) is 28.2. The number of aromatic nitrogens is 3. The van der Waals surface area contributed by atoms with Crippen LogP contribution in [0.15, 0.2) is 36.5 Å². The summed E-state index contributed by atoms with van der Waals surface area (Å²) in [6, 6.07) is 10.9. The molecule has 0 radical (unpaired) electrons. The van der Waals surface area contributed by atoms with Crippen LogP contribution in [0, 0.1) is 0 Å². The number of pyridine rings is 1. The maximum atomic E-state index is 12.7. The number of fused-ring (bicyclic) bond motifs is 4. The van der Waals surface area contributed by atoms with Crippen LogP contribution >= 0.6 is 0 Å². The molecule has 1 atom stereocenters. The van der Waals surface area contributed by atoms with Crippen LogP contribution in [-0.4, -0.2) is 69.3 Å². The topological polar surface area (TPSA) is 78.4 Å². The van der Waals surface area contributed by atoms with E-state index in [1.807, 2.05) is 27.8 Å². The van der Waals surface area contributed by atoms with Crippen molar-refractivity contribution in [2.75, 3.05) is 32.5 Å². The number of anilines is 2. The van der Waals surface area contributed by atoms with Crippen molar-refractivity contribution in [2.45, 2.75) is 77.9 Å². The lowest BCUT2D eigenvalue weighted by Gasteiger charge is -2.33. The molecular formula is C33H46N6O2. The van der Waals surface area contributed by atoms with Crippen LogP contribution in [0.3, 0.4) is 0 Å². The first kappa shape index (κ1) is 29.0. The SMILES string of the molecule is C.CN1CCC(c2c[nH]c3cc(Nc4ccc5c6c(n(C)c5n4)CCC(N(C)C(=O)OC(C)(C)C)C6)ccc23)CC1. The number of amides is 1. The van der Waals surface area contributed by atoms with E-state index in [-0.39, 0.29) is 19.6 Å². The summed E-state index contributed by atoms with van der Waals surface area (Å²) in [5, 5.41) is 6.02. The van der Waals surface area contributed by atoms with Gasteiger partial charge in [-0.05, 0) is 114 Å². The number of benzene rings is 1. The molecule has 3 aromatic heterocycles. The van der Waals surface area contributed by atoms with Gasteiger partial charge in [-0.3, -0.25) is 0 Å². The maximum Gasteiger partial charge on any atom is 0.410 e. The predicted molar refractivity (Wildman–Crippen MR) is 168 cm³/mol. The Morgan fingerprint density at radius 3 is 2.56 bits per heavy atom. The van der Waals surface area contributed by atoms with Crippen molar-refractivity contribution in [3.8, 4) is 0 Å². The van der Waals surface area contributed by atoms with Crippen LogP contribution < -0.4 is 5.32 Å². The molecule has 0 bridgehead atoms. The molecule has 2 N–H and O–H groups in total. The van der Waals surface area contributed by atoms with E-state index < -0.39 is 5.60 Å². The number of carbonyl (C=O) groups is 1. The lowest BCUT2D eigenvalue weighted by molar-refractivity contribution is 0.0210. The van der Waals surface area contributed by atoms with E-state index in [0.717, 1.165) is 60.4 Å². The number of likely N-dealkylation sites (tertiary alicyclic amines) is 1. The molecule has 220 valence electrons. The first-order valence-corrected chi connectivity index (χ1v) is 14.6. The Labute approximate surface area is 244 Å². The molecule has 1 fully saturated rings. The fourth-order valence-electron chi connectivity index (χ4n) is 6.53.